The maximum absolute atomic E-state index is 13.0. The number of fused-ring (bicyclic) bond motifs is 2. The lowest BCUT2D eigenvalue weighted by Gasteiger charge is -2.30. The number of hydrogen-bond donors (Lipinski definition) is 2. The molecule has 2 aromatic heterocycles. The SMILES string of the molecule is O=C(N[C@H]1CCCC[C@@H]1O)C1=NC2=CC=CCC2C(Cc2ccc3nccn3c2)=C1. The number of carbonyl (C=O) groups excluding carboxylic acids is 1. The maximum atomic E-state index is 13.0. The summed E-state index contributed by atoms with van der Waals surface area (Å²) in [6.07, 6.45) is 18.7. The number of aliphatic hydroxyl groups excluding tert-OH is 1. The molecule has 0 saturated heterocycles. The molecule has 3 atom stereocenters. The minimum absolute atomic E-state index is 0.188. The van der Waals surface area contributed by atoms with Crippen molar-refractivity contribution in [3.05, 3.63) is 71.9 Å². The van der Waals surface area contributed by atoms with Crippen molar-refractivity contribution in [2.75, 3.05) is 0 Å². The van der Waals surface area contributed by atoms with Crippen LogP contribution in [0.2, 0.25) is 0 Å². The van der Waals surface area contributed by atoms with E-state index in [1.807, 2.05) is 34.9 Å². The number of hydrogen-bond acceptors (Lipinski definition) is 4. The van der Waals surface area contributed by atoms with Crippen molar-refractivity contribution in [1.82, 2.24) is 14.7 Å². The van der Waals surface area contributed by atoms with E-state index in [0.717, 1.165) is 49.9 Å². The van der Waals surface area contributed by atoms with Crippen molar-refractivity contribution in [3.63, 3.8) is 0 Å². The Kier molecular flexibility index (Phi) is 5.09. The largest absolute Gasteiger partial charge is 0.391 e. The van der Waals surface area contributed by atoms with Gasteiger partial charge in [0.25, 0.3) is 5.91 Å². The van der Waals surface area contributed by atoms with Crippen molar-refractivity contribution >= 4 is 17.3 Å². The zero-order valence-electron chi connectivity index (χ0n) is 16.9. The summed E-state index contributed by atoms with van der Waals surface area (Å²) in [6.45, 7) is 0. The Morgan fingerprint density at radius 3 is 3.07 bits per heavy atom. The lowest BCUT2D eigenvalue weighted by molar-refractivity contribution is -0.116. The molecule has 30 heavy (non-hydrogen) atoms. The van der Waals surface area contributed by atoms with E-state index in [-0.39, 0.29) is 17.9 Å². The summed E-state index contributed by atoms with van der Waals surface area (Å²) in [6, 6.07) is 3.92. The van der Waals surface area contributed by atoms with Gasteiger partial charge in [-0.2, -0.15) is 0 Å². The molecule has 1 unspecified atom stereocenters. The molecule has 3 heterocycles. The highest BCUT2D eigenvalue weighted by molar-refractivity contribution is 6.44. The number of aliphatic imine (C=N–C) groups is 1. The molecule has 0 radical (unpaired) electrons. The molecule has 6 heteroatoms. The summed E-state index contributed by atoms with van der Waals surface area (Å²) in [5.41, 5.74) is 4.65. The van der Waals surface area contributed by atoms with Crippen molar-refractivity contribution in [3.8, 4) is 0 Å². The molecular formula is C24H26N4O2. The number of pyridine rings is 1. The van der Waals surface area contributed by atoms with Crippen LogP contribution in [-0.4, -0.2) is 38.3 Å². The van der Waals surface area contributed by atoms with Gasteiger partial charge < -0.3 is 14.8 Å². The highest BCUT2D eigenvalue weighted by atomic mass is 16.3. The fraction of sp³-hybridized carbons (Fsp3) is 0.375. The Hall–Kier alpha value is -2.99. The molecule has 6 nitrogen and oxygen atoms in total. The minimum Gasteiger partial charge on any atom is -0.391 e. The zero-order chi connectivity index (χ0) is 20.5. The van der Waals surface area contributed by atoms with Crippen LogP contribution in [0.1, 0.15) is 37.7 Å². The number of carbonyl (C=O) groups is 1. The number of nitrogens with one attached hydrogen (secondary N) is 1. The van der Waals surface area contributed by atoms with E-state index >= 15 is 0 Å². The van der Waals surface area contributed by atoms with E-state index in [1.54, 1.807) is 6.20 Å². The third-order valence-electron chi connectivity index (χ3n) is 6.29. The van der Waals surface area contributed by atoms with E-state index in [0.29, 0.717) is 5.71 Å². The second-order valence-electron chi connectivity index (χ2n) is 8.36. The van der Waals surface area contributed by atoms with Crippen LogP contribution in [0.4, 0.5) is 0 Å². The smallest absolute Gasteiger partial charge is 0.270 e. The highest BCUT2D eigenvalue weighted by Crippen LogP contribution is 2.34. The summed E-state index contributed by atoms with van der Waals surface area (Å²) >= 11 is 0. The molecule has 2 N–H and O–H groups in total. The fourth-order valence-electron chi connectivity index (χ4n) is 4.64. The predicted octanol–water partition coefficient (Wildman–Crippen LogP) is 3.14. The number of amides is 1. The van der Waals surface area contributed by atoms with E-state index in [2.05, 4.69) is 33.6 Å². The number of imidazole rings is 1. The average Bonchev–Trinajstić information content (AvgIpc) is 3.23. The molecule has 0 spiro atoms. The van der Waals surface area contributed by atoms with Crippen LogP contribution in [0, 0.1) is 5.92 Å². The topological polar surface area (TPSA) is 79.0 Å². The van der Waals surface area contributed by atoms with E-state index in [9.17, 15) is 9.90 Å². The Labute approximate surface area is 175 Å². The average molecular weight is 402 g/mol. The van der Waals surface area contributed by atoms with Crippen molar-refractivity contribution < 1.29 is 9.90 Å². The molecule has 0 aromatic carbocycles. The second-order valence-corrected chi connectivity index (χ2v) is 8.36. The second kappa shape index (κ2) is 8.03. The third kappa shape index (κ3) is 3.75. The summed E-state index contributed by atoms with van der Waals surface area (Å²) < 4.78 is 2.02. The van der Waals surface area contributed by atoms with Crippen LogP contribution in [0.5, 0.6) is 0 Å². The van der Waals surface area contributed by atoms with E-state index in [1.165, 1.54) is 11.1 Å². The minimum atomic E-state index is -0.471. The Bertz CT molecular complexity index is 1090. The fourth-order valence-corrected chi connectivity index (χ4v) is 4.64. The van der Waals surface area contributed by atoms with Gasteiger partial charge in [0.2, 0.25) is 0 Å². The first-order valence-electron chi connectivity index (χ1n) is 10.7. The van der Waals surface area contributed by atoms with Gasteiger partial charge in [0.05, 0.1) is 12.1 Å². The standard InChI is InChI=1S/C24H26N4O2/c29-22-8-4-3-7-20(22)27-24(30)21-14-17(18-5-1-2-6-19(18)26-21)13-16-9-10-23-25-11-12-28(23)15-16/h1-2,6,9-12,14-15,18,20,22,29H,3-5,7-8,13H2,(H,27,30)/t18?,20-,22-/m0/s1. The van der Waals surface area contributed by atoms with Gasteiger partial charge in [0.1, 0.15) is 11.4 Å². The number of nitrogens with zero attached hydrogens (tertiary/aromatic N) is 3. The first-order valence-corrected chi connectivity index (χ1v) is 10.7. The highest BCUT2D eigenvalue weighted by Gasteiger charge is 2.29. The molecule has 1 aliphatic heterocycles. The van der Waals surface area contributed by atoms with E-state index < -0.39 is 6.10 Å². The van der Waals surface area contributed by atoms with Crippen LogP contribution < -0.4 is 5.32 Å². The summed E-state index contributed by atoms with van der Waals surface area (Å²) in [4.78, 5) is 21.9. The molecule has 1 saturated carbocycles. The maximum Gasteiger partial charge on any atom is 0.270 e. The number of allylic oxidation sites excluding steroid dienone is 4. The van der Waals surface area contributed by atoms with Crippen LogP contribution in [0.25, 0.3) is 5.65 Å². The quantitative estimate of drug-likeness (QED) is 0.825. The van der Waals surface area contributed by atoms with Crippen molar-refractivity contribution in [2.24, 2.45) is 10.9 Å². The molecule has 154 valence electrons. The molecule has 2 aromatic rings. The normalized spacial score (nSPS) is 25.9. The molecule has 1 fully saturated rings. The monoisotopic (exact) mass is 402 g/mol. The zero-order valence-corrected chi connectivity index (χ0v) is 16.9. The summed E-state index contributed by atoms with van der Waals surface area (Å²) in [5.74, 6) is 0.00252. The van der Waals surface area contributed by atoms with Crippen molar-refractivity contribution in [1.29, 1.82) is 0 Å². The molecule has 5 rings (SSSR count). The third-order valence-corrected chi connectivity index (χ3v) is 6.29. The molecule has 3 aliphatic rings. The lowest BCUT2D eigenvalue weighted by Crippen LogP contribution is -2.47. The predicted molar refractivity (Wildman–Crippen MR) is 116 cm³/mol. The van der Waals surface area contributed by atoms with Crippen LogP contribution in [0.3, 0.4) is 0 Å². The number of dihydropyridines is 1. The van der Waals surface area contributed by atoms with Gasteiger partial charge in [0, 0.05) is 30.2 Å². The first kappa shape index (κ1) is 19.0. The Morgan fingerprint density at radius 2 is 2.17 bits per heavy atom. The number of aromatic nitrogens is 2. The van der Waals surface area contributed by atoms with Gasteiger partial charge in [-0.3, -0.25) is 4.79 Å². The first-order chi connectivity index (χ1) is 14.7. The molecular weight excluding hydrogens is 376 g/mol. The van der Waals surface area contributed by atoms with Gasteiger partial charge in [-0.25, -0.2) is 9.98 Å². The van der Waals surface area contributed by atoms with Gasteiger partial charge in [-0.1, -0.05) is 36.6 Å². The van der Waals surface area contributed by atoms with Crippen molar-refractivity contribution in [2.45, 2.75) is 50.7 Å². The number of aliphatic hydroxyl groups is 1. The van der Waals surface area contributed by atoms with Gasteiger partial charge >= 0.3 is 0 Å². The molecule has 1 amide bonds. The lowest BCUT2D eigenvalue weighted by atomic mass is 9.83. The van der Waals surface area contributed by atoms with Gasteiger partial charge in [-0.15, -0.1) is 0 Å². The van der Waals surface area contributed by atoms with Gasteiger partial charge in [-0.05, 0) is 49.5 Å². The Balaban J connectivity index is 1.41. The number of rotatable bonds is 4. The van der Waals surface area contributed by atoms with E-state index in [4.69, 9.17) is 0 Å². The summed E-state index contributed by atoms with van der Waals surface area (Å²) in [5, 5.41) is 13.2. The van der Waals surface area contributed by atoms with Crippen LogP contribution in [-0.2, 0) is 11.2 Å². The Morgan fingerprint density at radius 1 is 1.27 bits per heavy atom. The van der Waals surface area contributed by atoms with Crippen LogP contribution in [0.15, 0.2) is 71.3 Å². The van der Waals surface area contributed by atoms with Gasteiger partial charge in [0.15, 0.2) is 0 Å². The molecule has 2 aliphatic carbocycles. The van der Waals surface area contributed by atoms with Crippen LogP contribution >= 0.6 is 0 Å². The summed E-state index contributed by atoms with van der Waals surface area (Å²) in [7, 11) is 0. The molecule has 0 bridgehead atoms.